The van der Waals surface area contributed by atoms with Crippen molar-refractivity contribution in [3.8, 4) is 17.2 Å². The Hall–Kier alpha value is -5.71. The molecule has 1 unspecified atom stereocenters. The highest BCUT2D eigenvalue weighted by Gasteiger charge is 2.28. The first kappa shape index (κ1) is 28.8. The Morgan fingerprint density at radius 1 is 1.14 bits per heavy atom. The number of benzene rings is 3. The number of ether oxygens (including phenoxy) is 3. The maximum Gasteiger partial charge on any atom is 0.329 e. The third kappa shape index (κ3) is 6.30. The molecule has 0 saturated heterocycles. The molecule has 0 bridgehead atoms. The van der Waals surface area contributed by atoms with Crippen LogP contribution < -0.4 is 30.2 Å². The van der Waals surface area contributed by atoms with E-state index in [9.17, 15) is 18.9 Å². The van der Waals surface area contributed by atoms with Crippen LogP contribution in [0.5, 0.6) is 17.2 Å². The Morgan fingerprint density at radius 2 is 1.98 bits per heavy atom. The van der Waals surface area contributed by atoms with E-state index in [1.165, 1.54) is 0 Å². The summed E-state index contributed by atoms with van der Waals surface area (Å²) >= 11 is 0. The molecule has 43 heavy (non-hydrogen) atoms. The lowest BCUT2D eigenvalue weighted by Crippen LogP contribution is -2.22. The van der Waals surface area contributed by atoms with E-state index in [0.29, 0.717) is 41.2 Å². The van der Waals surface area contributed by atoms with Crippen LogP contribution in [0.25, 0.3) is 4.85 Å². The van der Waals surface area contributed by atoms with E-state index >= 15 is 0 Å². The zero-order chi connectivity index (χ0) is 30.5. The van der Waals surface area contributed by atoms with Crippen LogP contribution in [0.3, 0.4) is 0 Å². The minimum atomic E-state index is -0.868. The molecule has 1 atom stereocenters. The third-order valence-electron chi connectivity index (χ3n) is 6.68. The fourth-order valence-corrected chi connectivity index (χ4v) is 4.58. The topological polar surface area (TPSA) is 137 Å². The summed E-state index contributed by atoms with van der Waals surface area (Å²) in [5.41, 5.74) is 1.93. The number of methoxy groups -OCH3 is 2. The van der Waals surface area contributed by atoms with Crippen LogP contribution in [0.4, 0.5) is 43.3 Å². The first-order valence-corrected chi connectivity index (χ1v) is 12.9. The monoisotopic (exact) mass is 589 g/mol. The quantitative estimate of drug-likeness (QED) is 0.106. The summed E-state index contributed by atoms with van der Waals surface area (Å²) in [5.74, 6) is -0.720. The Kier molecular flexibility index (Phi) is 8.33. The zero-order valence-electron chi connectivity index (χ0n) is 23.0. The molecule has 0 fully saturated rings. The number of halogens is 2. The zero-order valence-corrected chi connectivity index (χ0v) is 23.0. The maximum absolute atomic E-state index is 14.3. The number of anilines is 4. The summed E-state index contributed by atoms with van der Waals surface area (Å²) in [7, 11) is 3.12. The van der Waals surface area contributed by atoms with Gasteiger partial charge in [0.05, 0.1) is 49.7 Å². The molecule has 12 nitrogen and oxygen atoms in total. The van der Waals surface area contributed by atoms with Gasteiger partial charge >= 0.3 is 5.69 Å². The molecule has 0 saturated carbocycles. The molecule has 3 N–H and O–H groups in total. The molecule has 0 aliphatic carbocycles. The predicted molar refractivity (Wildman–Crippen MR) is 154 cm³/mol. The molecular formula is C29H25F2N7O5. The second-order valence-corrected chi connectivity index (χ2v) is 9.32. The number of nitro groups is 1. The van der Waals surface area contributed by atoms with Gasteiger partial charge in [-0.3, -0.25) is 10.1 Å². The molecule has 14 heteroatoms. The number of hydrogen-bond donors (Lipinski definition) is 3. The smallest absolute Gasteiger partial charge is 0.329 e. The molecule has 0 radical (unpaired) electrons. The minimum Gasteiger partial charge on any atom is -0.497 e. The summed E-state index contributed by atoms with van der Waals surface area (Å²) < 4.78 is 44.4. The van der Waals surface area contributed by atoms with Gasteiger partial charge in [-0.15, -0.1) is 0 Å². The minimum absolute atomic E-state index is 0.0157. The summed E-state index contributed by atoms with van der Waals surface area (Å²) in [6.07, 6.45) is 1.30. The van der Waals surface area contributed by atoms with E-state index in [-0.39, 0.29) is 36.1 Å². The van der Waals surface area contributed by atoms with Crippen LogP contribution in [-0.2, 0) is 6.54 Å². The van der Waals surface area contributed by atoms with E-state index < -0.39 is 28.3 Å². The Morgan fingerprint density at radius 3 is 2.72 bits per heavy atom. The molecule has 1 aromatic heterocycles. The Labute approximate surface area is 244 Å². The number of rotatable bonds is 10. The SMILES string of the molecule is [C-]#[N+]c1ccc(NCc2ccc(OC)cc2OC)c(Nc2ncc([N+](=O)[O-])c(NC3CCOc4c(F)cc(F)cc43)n2)c1. The lowest BCUT2D eigenvalue weighted by molar-refractivity contribution is -0.384. The fourth-order valence-electron chi connectivity index (χ4n) is 4.58. The highest BCUT2D eigenvalue weighted by atomic mass is 19.1. The molecule has 0 spiro atoms. The second kappa shape index (κ2) is 12.4. The summed E-state index contributed by atoms with van der Waals surface area (Å²) in [5, 5.41) is 21.1. The average molecular weight is 590 g/mol. The Balaban J connectivity index is 1.44. The molecule has 220 valence electrons. The van der Waals surface area contributed by atoms with Crippen molar-refractivity contribution in [2.24, 2.45) is 0 Å². The van der Waals surface area contributed by atoms with E-state index in [4.69, 9.17) is 20.8 Å². The molecular weight excluding hydrogens is 564 g/mol. The fraction of sp³-hybridized carbons (Fsp3) is 0.207. The van der Waals surface area contributed by atoms with Gasteiger partial charge in [0.2, 0.25) is 11.8 Å². The number of nitrogens with one attached hydrogen (secondary N) is 3. The number of hydrogen-bond acceptors (Lipinski definition) is 10. The highest BCUT2D eigenvalue weighted by molar-refractivity contribution is 5.77. The predicted octanol–water partition coefficient (Wildman–Crippen LogP) is 6.52. The van der Waals surface area contributed by atoms with Gasteiger partial charge in [0.25, 0.3) is 0 Å². The molecule has 3 aromatic carbocycles. The molecule has 5 rings (SSSR count). The van der Waals surface area contributed by atoms with E-state index in [1.807, 2.05) is 6.07 Å². The van der Waals surface area contributed by atoms with Gasteiger partial charge in [-0.1, -0.05) is 6.07 Å². The van der Waals surface area contributed by atoms with Gasteiger partial charge in [0.15, 0.2) is 17.3 Å². The van der Waals surface area contributed by atoms with Gasteiger partial charge < -0.3 is 30.2 Å². The van der Waals surface area contributed by atoms with E-state index in [2.05, 4.69) is 30.8 Å². The second-order valence-electron chi connectivity index (χ2n) is 9.32. The molecule has 1 aliphatic heterocycles. The first-order chi connectivity index (χ1) is 20.8. The first-order valence-electron chi connectivity index (χ1n) is 12.9. The van der Waals surface area contributed by atoms with Crippen molar-refractivity contribution in [3.63, 3.8) is 0 Å². The lowest BCUT2D eigenvalue weighted by Gasteiger charge is -2.27. The van der Waals surface area contributed by atoms with E-state index in [1.54, 1.807) is 44.6 Å². The van der Waals surface area contributed by atoms with Crippen molar-refractivity contribution in [2.45, 2.75) is 19.0 Å². The average Bonchev–Trinajstić information content (AvgIpc) is 3.00. The molecule has 1 aliphatic rings. The Bertz CT molecular complexity index is 1730. The van der Waals surface area contributed by atoms with Crippen molar-refractivity contribution < 1.29 is 27.9 Å². The number of aromatic nitrogens is 2. The van der Waals surface area contributed by atoms with Gasteiger partial charge in [-0.05, 0) is 30.3 Å². The van der Waals surface area contributed by atoms with Crippen molar-refractivity contribution in [2.75, 3.05) is 36.8 Å². The normalized spacial score (nSPS) is 13.6. The standard InChI is InChI=1S/C29H25F2N7O5/c1-32-18-5-7-23(33-14-16-4-6-19(41-2)13-26(16)42-3)24(12-18)36-29-34-15-25(38(39)40)28(37-29)35-22-8-9-43-27-20(22)10-17(30)11-21(27)31/h4-7,10-13,15,22,33H,8-9,14H2,2-3H3,(H2,34,35,36,37). The summed E-state index contributed by atoms with van der Waals surface area (Å²) in [6.45, 7) is 7.89. The largest absolute Gasteiger partial charge is 0.497 e. The van der Waals surface area contributed by atoms with Gasteiger partial charge in [0, 0.05) is 36.2 Å². The number of nitrogens with zero attached hydrogens (tertiary/aromatic N) is 4. The molecule has 4 aromatic rings. The van der Waals surface area contributed by atoms with Gasteiger partial charge in [0.1, 0.15) is 23.5 Å². The summed E-state index contributed by atoms with van der Waals surface area (Å²) in [4.78, 5) is 23.0. The van der Waals surface area contributed by atoms with Crippen LogP contribution >= 0.6 is 0 Å². The van der Waals surface area contributed by atoms with E-state index in [0.717, 1.165) is 17.8 Å². The number of fused-ring (bicyclic) bond motifs is 1. The van der Waals surface area contributed by atoms with Gasteiger partial charge in [-0.25, -0.2) is 18.6 Å². The molecule has 2 heterocycles. The lowest BCUT2D eigenvalue weighted by atomic mass is 10.00. The van der Waals surface area contributed by atoms with Gasteiger partial charge in [-0.2, -0.15) is 4.98 Å². The molecule has 0 amide bonds. The highest BCUT2D eigenvalue weighted by Crippen LogP contribution is 2.39. The van der Waals surface area contributed by atoms with Crippen molar-refractivity contribution in [3.05, 3.63) is 99.0 Å². The van der Waals surface area contributed by atoms with Crippen molar-refractivity contribution in [1.29, 1.82) is 0 Å². The van der Waals surface area contributed by atoms with Crippen molar-refractivity contribution >= 4 is 34.5 Å². The van der Waals surface area contributed by atoms with Crippen molar-refractivity contribution in [1.82, 2.24) is 9.97 Å². The van der Waals surface area contributed by atoms with Crippen LogP contribution in [-0.4, -0.2) is 35.7 Å². The van der Waals surface area contributed by atoms with Crippen LogP contribution in [0.15, 0.2) is 54.7 Å². The van der Waals surface area contributed by atoms with Crippen LogP contribution in [0.1, 0.15) is 23.6 Å². The summed E-state index contributed by atoms with van der Waals surface area (Å²) in [6, 6.07) is 11.5. The van der Waals surface area contributed by atoms with Crippen LogP contribution in [0, 0.1) is 28.3 Å². The van der Waals surface area contributed by atoms with Crippen LogP contribution in [0.2, 0.25) is 0 Å². The maximum atomic E-state index is 14.3. The third-order valence-corrected chi connectivity index (χ3v) is 6.68.